The molecule has 0 bridgehead atoms. The van der Waals surface area contributed by atoms with Crippen LogP contribution >= 0.6 is 0 Å². The monoisotopic (exact) mass is 226 g/mol. The molecule has 0 saturated heterocycles. The van der Waals surface area contributed by atoms with Crippen LogP contribution in [0.1, 0.15) is 29.8 Å². The number of amides is 1. The van der Waals surface area contributed by atoms with Gasteiger partial charge in [0.1, 0.15) is 5.82 Å². The SMILES string of the molecule is CCOC(=O)CCNC(=O)c1n[nH]c(C)n1. The van der Waals surface area contributed by atoms with Crippen molar-refractivity contribution in [2.24, 2.45) is 0 Å². The molecule has 0 aliphatic carbocycles. The number of nitrogens with one attached hydrogen (secondary N) is 2. The number of esters is 1. The molecule has 1 amide bonds. The van der Waals surface area contributed by atoms with Gasteiger partial charge in [0.15, 0.2) is 0 Å². The highest BCUT2D eigenvalue weighted by molar-refractivity contribution is 5.90. The van der Waals surface area contributed by atoms with E-state index in [9.17, 15) is 9.59 Å². The minimum absolute atomic E-state index is 0.0707. The van der Waals surface area contributed by atoms with Crippen molar-refractivity contribution in [1.29, 1.82) is 0 Å². The first kappa shape index (κ1) is 12.2. The standard InChI is InChI=1S/C9H14N4O3/c1-3-16-7(14)4-5-10-9(15)8-11-6(2)12-13-8/h3-5H2,1-2H3,(H,10,15)(H,11,12,13). The van der Waals surface area contributed by atoms with Crippen LogP contribution in [0.3, 0.4) is 0 Å². The van der Waals surface area contributed by atoms with Gasteiger partial charge in [0, 0.05) is 6.54 Å². The summed E-state index contributed by atoms with van der Waals surface area (Å²) in [6.07, 6.45) is 0.142. The van der Waals surface area contributed by atoms with Gasteiger partial charge in [-0.1, -0.05) is 0 Å². The van der Waals surface area contributed by atoms with Crippen molar-refractivity contribution in [2.45, 2.75) is 20.3 Å². The fourth-order valence-electron chi connectivity index (χ4n) is 1.03. The highest BCUT2D eigenvalue weighted by Crippen LogP contribution is 1.91. The van der Waals surface area contributed by atoms with E-state index in [4.69, 9.17) is 4.74 Å². The van der Waals surface area contributed by atoms with Gasteiger partial charge < -0.3 is 10.1 Å². The maximum absolute atomic E-state index is 11.4. The summed E-state index contributed by atoms with van der Waals surface area (Å²) in [7, 11) is 0. The summed E-state index contributed by atoms with van der Waals surface area (Å²) in [6, 6.07) is 0. The molecule has 0 atom stereocenters. The van der Waals surface area contributed by atoms with Crippen molar-refractivity contribution in [2.75, 3.05) is 13.2 Å². The van der Waals surface area contributed by atoms with Gasteiger partial charge in [0.2, 0.25) is 5.82 Å². The first-order valence-corrected chi connectivity index (χ1v) is 4.96. The van der Waals surface area contributed by atoms with Crippen molar-refractivity contribution in [3.8, 4) is 0 Å². The molecule has 0 aromatic carbocycles. The third-order valence-electron chi connectivity index (χ3n) is 1.72. The molecular weight excluding hydrogens is 212 g/mol. The van der Waals surface area contributed by atoms with Gasteiger partial charge in [-0.25, -0.2) is 4.98 Å². The predicted molar refractivity (Wildman–Crippen MR) is 54.7 cm³/mol. The molecule has 0 aliphatic heterocycles. The lowest BCUT2D eigenvalue weighted by Crippen LogP contribution is -2.27. The van der Waals surface area contributed by atoms with E-state index in [1.165, 1.54) is 0 Å². The van der Waals surface area contributed by atoms with E-state index in [1.54, 1.807) is 13.8 Å². The summed E-state index contributed by atoms with van der Waals surface area (Å²) in [5.41, 5.74) is 0. The quantitative estimate of drug-likeness (QED) is 0.677. The largest absolute Gasteiger partial charge is 0.466 e. The third-order valence-corrected chi connectivity index (χ3v) is 1.72. The van der Waals surface area contributed by atoms with Crippen molar-refractivity contribution < 1.29 is 14.3 Å². The minimum atomic E-state index is -0.409. The first-order chi connectivity index (χ1) is 7.63. The zero-order valence-electron chi connectivity index (χ0n) is 9.24. The number of carbonyl (C=O) groups excluding carboxylic acids is 2. The van der Waals surface area contributed by atoms with Gasteiger partial charge in [0.25, 0.3) is 5.91 Å². The summed E-state index contributed by atoms with van der Waals surface area (Å²) in [5.74, 6) is -0.112. The third kappa shape index (κ3) is 3.68. The smallest absolute Gasteiger partial charge is 0.307 e. The molecule has 88 valence electrons. The second-order valence-electron chi connectivity index (χ2n) is 3.06. The lowest BCUT2D eigenvalue weighted by Gasteiger charge is -2.02. The Morgan fingerprint density at radius 2 is 2.25 bits per heavy atom. The van der Waals surface area contributed by atoms with Gasteiger partial charge in [-0.15, -0.1) is 5.10 Å². The molecule has 1 heterocycles. The Morgan fingerprint density at radius 3 is 2.81 bits per heavy atom. The van der Waals surface area contributed by atoms with Crippen molar-refractivity contribution in [3.63, 3.8) is 0 Å². The number of aryl methyl sites for hydroxylation is 1. The molecule has 0 fully saturated rings. The molecule has 1 aromatic rings. The number of rotatable bonds is 5. The fraction of sp³-hybridized carbons (Fsp3) is 0.556. The Bertz CT molecular complexity index is 375. The summed E-state index contributed by atoms with van der Waals surface area (Å²) >= 11 is 0. The number of H-pyrrole nitrogens is 1. The fourth-order valence-corrected chi connectivity index (χ4v) is 1.03. The van der Waals surface area contributed by atoms with E-state index >= 15 is 0 Å². The number of hydrogen-bond donors (Lipinski definition) is 2. The summed E-state index contributed by atoms with van der Waals surface area (Å²) in [6.45, 7) is 3.98. The van der Waals surface area contributed by atoms with Crippen LogP contribution in [-0.2, 0) is 9.53 Å². The molecule has 0 spiro atoms. The number of nitrogens with zero attached hydrogens (tertiary/aromatic N) is 2. The molecule has 7 nitrogen and oxygen atoms in total. The van der Waals surface area contributed by atoms with Gasteiger partial charge in [-0.3, -0.25) is 14.7 Å². The van der Waals surface area contributed by atoms with Crippen LogP contribution in [0.4, 0.5) is 0 Å². The zero-order valence-corrected chi connectivity index (χ0v) is 9.24. The number of hydrogen-bond acceptors (Lipinski definition) is 5. The van der Waals surface area contributed by atoms with E-state index in [0.29, 0.717) is 12.4 Å². The molecule has 7 heteroatoms. The zero-order chi connectivity index (χ0) is 12.0. The molecule has 1 aromatic heterocycles. The number of aromatic amines is 1. The van der Waals surface area contributed by atoms with E-state index in [2.05, 4.69) is 20.5 Å². The predicted octanol–water partition coefficient (Wildman–Crippen LogP) is -0.204. The summed E-state index contributed by atoms with van der Waals surface area (Å²) in [5, 5.41) is 8.76. The van der Waals surface area contributed by atoms with Gasteiger partial charge in [-0.2, -0.15) is 0 Å². The second-order valence-corrected chi connectivity index (χ2v) is 3.06. The average Bonchev–Trinajstić information content (AvgIpc) is 2.65. The Morgan fingerprint density at radius 1 is 1.50 bits per heavy atom. The Hall–Kier alpha value is -1.92. The lowest BCUT2D eigenvalue weighted by atomic mass is 10.4. The van der Waals surface area contributed by atoms with Crippen LogP contribution in [-0.4, -0.2) is 40.2 Å². The van der Waals surface area contributed by atoms with E-state index in [0.717, 1.165) is 0 Å². The Labute approximate surface area is 92.6 Å². The minimum Gasteiger partial charge on any atom is -0.466 e. The molecule has 1 rings (SSSR count). The van der Waals surface area contributed by atoms with Gasteiger partial charge in [-0.05, 0) is 13.8 Å². The normalized spacial score (nSPS) is 9.88. The highest BCUT2D eigenvalue weighted by Gasteiger charge is 2.11. The van der Waals surface area contributed by atoms with Crippen LogP contribution in [0.15, 0.2) is 0 Å². The van der Waals surface area contributed by atoms with Crippen molar-refractivity contribution in [3.05, 3.63) is 11.6 Å². The Kier molecular flexibility index (Phi) is 4.43. The van der Waals surface area contributed by atoms with E-state index in [-0.39, 0.29) is 24.8 Å². The van der Waals surface area contributed by atoms with E-state index in [1.807, 2.05) is 0 Å². The average molecular weight is 226 g/mol. The highest BCUT2D eigenvalue weighted by atomic mass is 16.5. The maximum atomic E-state index is 11.4. The number of ether oxygens (including phenoxy) is 1. The van der Waals surface area contributed by atoms with E-state index < -0.39 is 5.91 Å². The topological polar surface area (TPSA) is 97.0 Å². The summed E-state index contributed by atoms with van der Waals surface area (Å²) < 4.78 is 4.71. The first-order valence-electron chi connectivity index (χ1n) is 4.96. The molecule has 0 unspecified atom stereocenters. The molecule has 0 radical (unpaired) electrons. The lowest BCUT2D eigenvalue weighted by molar-refractivity contribution is -0.142. The second kappa shape index (κ2) is 5.84. The number of aromatic nitrogens is 3. The maximum Gasteiger partial charge on any atom is 0.307 e. The van der Waals surface area contributed by atoms with Crippen molar-refractivity contribution in [1.82, 2.24) is 20.5 Å². The van der Waals surface area contributed by atoms with Crippen LogP contribution in [0.25, 0.3) is 0 Å². The molecule has 0 saturated carbocycles. The van der Waals surface area contributed by atoms with Crippen LogP contribution in [0.5, 0.6) is 0 Å². The molecule has 0 aliphatic rings. The Balaban J connectivity index is 2.28. The van der Waals surface area contributed by atoms with Gasteiger partial charge >= 0.3 is 5.97 Å². The summed E-state index contributed by atoms with van der Waals surface area (Å²) in [4.78, 5) is 26.2. The van der Waals surface area contributed by atoms with Crippen LogP contribution in [0, 0.1) is 6.92 Å². The molecular formula is C9H14N4O3. The van der Waals surface area contributed by atoms with Crippen LogP contribution < -0.4 is 5.32 Å². The van der Waals surface area contributed by atoms with Crippen LogP contribution in [0.2, 0.25) is 0 Å². The molecule has 16 heavy (non-hydrogen) atoms. The van der Waals surface area contributed by atoms with Crippen molar-refractivity contribution >= 4 is 11.9 Å². The number of carbonyl (C=O) groups is 2. The van der Waals surface area contributed by atoms with Gasteiger partial charge in [0.05, 0.1) is 13.0 Å². The molecule has 2 N–H and O–H groups in total.